The van der Waals surface area contributed by atoms with E-state index in [0.717, 1.165) is 32.0 Å². The highest BCUT2D eigenvalue weighted by atomic mass is 19.4. The summed E-state index contributed by atoms with van der Waals surface area (Å²) in [6.07, 6.45) is -0.840. The number of nitrogens with one attached hydrogen (secondary N) is 1. The summed E-state index contributed by atoms with van der Waals surface area (Å²) in [6, 6.07) is 2.37. The van der Waals surface area contributed by atoms with Gasteiger partial charge in [-0.1, -0.05) is 0 Å². The number of rotatable bonds is 3. The van der Waals surface area contributed by atoms with Crippen LogP contribution in [0.5, 0.6) is 0 Å². The average molecular weight is 273 g/mol. The second kappa shape index (κ2) is 5.77. The molecule has 6 heteroatoms. The minimum atomic E-state index is -4.36. The number of pyridine rings is 1. The van der Waals surface area contributed by atoms with Crippen molar-refractivity contribution >= 4 is 5.82 Å². The fourth-order valence-electron chi connectivity index (χ4n) is 2.46. The van der Waals surface area contributed by atoms with Gasteiger partial charge in [-0.05, 0) is 44.5 Å². The maximum atomic E-state index is 12.8. The second-order valence-electron chi connectivity index (χ2n) is 5.05. The van der Waals surface area contributed by atoms with Gasteiger partial charge in [0.05, 0.1) is 5.56 Å². The number of likely N-dealkylation sites (tertiary alicyclic amines) is 1. The Morgan fingerprint density at radius 3 is 2.95 bits per heavy atom. The molecule has 1 unspecified atom stereocenters. The minimum absolute atomic E-state index is 0.0665. The van der Waals surface area contributed by atoms with Gasteiger partial charge >= 0.3 is 6.18 Å². The van der Waals surface area contributed by atoms with Gasteiger partial charge in [-0.15, -0.1) is 0 Å². The first-order valence-corrected chi connectivity index (χ1v) is 6.41. The molecule has 19 heavy (non-hydrogen) atoms. The fourth-order valence-corrected chi connectivity index (χ4v) is 2.46. The molecule has 1 aromatic heterocycles. The van der Waals surface area contributed by atoms with Gasteiger partial charge in [-0.25, -0.2) is 4.98 Å². The summed E-state index contributed by atoms with van der Waals surface area (Å²) in [5.41, 5.74) is -0.695. The van der Waals surface area contributed by atoms with Gasteiger partial charge in [0.15, 0.2) is 0 Å². The van der Waals surface area contributed by atoms with Crippen LogP contribution in [-0.4, -0.2) is 36.6 Å². The summed E-state index contributed by atoms with van der Waals surface area (Å²) in [5.74, 6) is 0.310. The predicted octanol–water partition coefficient (Wildman–Crippen LogP) is 2.85. The quantitative estimate of drug-likeness (QED) is 0.918. The van der Waals surface area contributed by atoms with Gasteiger partial charge in [0, 0.05) is 19.3 Å². The first kappa shape index (κ1) is 14.1. The van der Waals surface area contributed by atoms with E-state index in [0.29, 0.717) is 12.5 Å². The third-order valence-corrected chi connectivity index (χ3v) is 3.39. The Labute approximate surface area is 110 Å². The SMILES string of the molecule is CN1CCCC(CNc2ncccc2C(F)(F)F)C1. The van der Waals surface area contributed by atoms with Gasteiger partial charge in [-0.2, -0.15) is 13.2 Å². The highest BCUT2D eigenvalue weighted by Gasteiger charge is 2.34. The zero-order chi connectivity index (χ0) is 13.9. The highest BCUT2D eigenvalue weighted by molar-refractivity contribution is 5.45. The van der Waals surface area contributed by atoms with Crippen LogP contribution in [0.25, 0.3) is 0 Å². The monoisotopic (exact) mass is 273 g/mol. The molecule has 2 heterocycles. The molecule has 0 bridgehead atoms. The highest BCUT2D eigenvalue weighted by Crippen LogP contribution is 2.33. The summed E-state index contributed by atoms with van der Waals surface area (Å²) in [5, 5.41) is 2.85. The van der Waals surface area contributed by atoms with Crippen molar-refractivity contribution in [3.05, 3.63) is 23.9 Å². The van der Waals surface area contributed by atoms with Crippen LogP contribution >= 0.6 is 0 Å². The van der Waals surface area contributed by atoms with E-state index < -0.39 is 11.7 Å². The Bertz CT molecular complexity index is 420. The topological polar surface area (TPSA) is 28.2 Å². The smallest absolute Gasteiger partial charge is 0.369 e. The number of halogens is 3. The van der Waals surface area contributed by atoms with Crippen molar-refractivity contribution in [2.45, 2.75) is 19.0 Å². The van der Waals surface area contributed by atoms with Crippen LogP contribution in [-0.2, 0) is 6.18 Å². The molecular formula is C13H18F3N3. The number of hydrogen-bond acceptors (Lipinski definition) is 3. The molecule has 1 saturated heterocycles. The number of alkyl halides is 3. The Balaban J connectivity index is 1.99. The Morgan fingerprint density at radius 2 is 2.26 bits per heavy atom. The number of hydrogen-bond donors (Lipinski definition) is 1. The van der Waals surface area contributed by atoms with Crippen molar-refractivity contribution < 1.29 is 13.2 Å². The molecule has 0 amide bonds. The van der Waals surface area contributed by atoms with Crippen LogP contribution in [0.2, 0.25) is 0 Å². The Morgan fingerprint density at radius 1 is 1.47 bits per heavy atom. The molecule has 3 nitrogen and oxygen atoms in total. The lowest BCUT2D eigenvalue weighted by atomic mass is 9.98. The van der Waals surface area contributed by atoms with E-state index in [9.17, 15) is 13.2 Å². The largest absolute Gasteiger partial charge is 0.419 e. The summed E-state index contributed by atoms with van der Waals surface area (Å²) < 4.78 is 38.4. The Kier molecular flexibility index (Phi) is 4.29. The molecule has 1 atom stereocenters. The number of nitrogens with zero attached hydrogens (tertiary/aromatic N) is 2. The average Bonchev–Trinajstić information content (AvgIpc) is 2.36. The first-order valence-electron chi connectivity index (χ1n) is 6.41. The molecular weight excluding hydrogens is 255 g/mol. The Hall–Kier alpha value is -1.30. The molecule has 1 N–H and O–H groups in total. The zero-order valence-corrected chi connectivity index (χ0v) is 10.9. The summed E-state index contributed by atoms with van der Waals surface area (Å²) in [7, 11) is 2.04. The van der Waals surface area contributed by atoms with Crippen molar-refractivity contribution in [1.29, 1.82) is 0 Å². The lowest BCUT2D eigenvalue weighted by Gasteiger charge is -2.30. The molecule has 0 aliphatic carbocycles. The van der Waals surface area contributed by atoms with Crippen molar-refractivity contribution in [3.63, 3.8) is 0 Å². The van der Waals surface area contributed by atoms with Crippen molar-refractivity contribution in [2.24, 2.45) is 5.92 Å². The number of anilines is 1. The molecule has 106 valence electrons. The van der Waals surface area contributed by atoms with Crippen LogP contribution in [0, 0.1) is 5.92 Å². The maximum absolute atomic E-state index is 12.8. The van der Waals surface area contributed by atoms with Crippen LogP contribution in [0.3, 0.4) is 0 Å². The molecule has 1 aromatic rings. The zero-order valence-electron chi connectivity index (χ0n) is 10.9. The summed E-state index contributed by atoms with van der Waals surface area (Å²) in [6.45, 7) is 2.51. The normalized spacial score (nSPS) is 21.4. The van der Waals surface area contributed by atoms with Gasteiger partial charge in [0.25, 0.3) is 0 Å². The molecule has 0 saturated carbocycles. The van der Waals surface area contributed by atoms with E-state index in [4.69, 9.17) is 0 Å². The molecule has 0 spiro atoms. The van der Waals surface area contributed by atoms with Gasteiger partial charge in [0.2, 0.25) is 0 Å². The number of piperidine rings is 1. The first-order chi connectivity index (χ1) is 8.97. The molecule has 0 radical (unpaired) electrons. The second-order valence-corrected chi connectivity index (χ2v) is 5.05. The van der Waals surface area contributed by atoms with Crippen molar-refractivity contribution in [3.8, 4) is 0 Å². The lowest BCUT2D eigenvalue weighted by molar-refractivity contribution is -0.137. The van der Waals surface area contributed by atoms with E-state index in [-0.39, 0.29) is 5.82 Å². The molecule has 1 aliphatic heterocycles. The van der Waals surface area contributed by atoms with E-state index in [2.05, 4.69) is 15.2 Å². The molecule has 2 rings (SSSR count). The molecule has 1 aliphatic rings. The summed E-state index contributed by atoms with van der Waals surface area (Å²) in [4.78, 5) is 6.01. The predicted molar refractivity (Wildman–Crippen MR) is 67.9 cm³/mol. The van der Waals surface area contributed by atoms with Crippen LogP contribution in [0.1, 0.15) is 18.4 Å². The lowest BCUT2D eigenvalue weighted by Crippen LogP contribution is -2.35. The standard InChI is InChI=1S/C13H18F3N3/c1-19-7-3-4-10(9-19)8-18-12-11(13(14,15)16)5-2-6-17-12/h2,5-6,10H,3-4,7-9H2,1H3,(H,17,18). The fraction of sp³-hybridized carbons (Fsp3) is 0.615. The van der Waals surface area contributed by atoms with E-state index >= 15 is 0 Å². The van der Waals surface area contributed by atoms with Crippen molar-refractivity contribution in [2.75, 3.05) is 32.0 Å². The third-order valence-electron chi connectivity index (χ3n) is 3.39. The van der Waals surface area contributed by atoms with Gasteiger partial charge in [0.1, 0.15) is 5.82 Å². The van der Waals surface area contributed by atoms with Gasteiger partial charge in [-0.3, -0.25) is 0 Å². The molecule has 0 aromatic carbocycles. The van der Waals surface area contributed by atoms with Gasteiger partial charge < -0.3 is 10.2 Å². The van der Waals surface area contributed by atoms with Crippen molar-refractivity contribution in [1.82, 2.24) is 9.88 Å². The number of aromatic nitrogens is 1. The van der Waals surface area contributed by atoms with Crippen LogP contribution in [0.4, 0.5) is 19.0 Å². The third kappa shape index (κ3) is 3.83. The summed E-state index contributed by atoms with van der Waals surface area (Å²) >= 11 is 0. The van der Waals surface area contributed by atoms with E-state index in [1.807, 2.05) is 7.05 Å². The maximum Gasteiger partial charge on any atom is 0.419 e. The minimum Gasteiger partial charge on any atom is -0.369 e. The van der Waals surface area contributed by atoms with E-state index in [1.165, 1.54) is 12.3 Å². The molecule has 1 fully saturated rings. The van der Waals surface area contributed by atoms with E-state index in [1.54, 1.807) is 0 Å². The van der Waals surface area contributed by atoms with Crippen LogP contribution in [0.15, 0.2) is 18.3 Å². The van der Waals surface area contributed by atoms with Crippen LogP contribution < -0.4 is 5.32 Å².